The number of aromatic nitrogens is 1. The van der Waals surface area contributed by atoms with Crippen LogP contribution in [0.25, 0.3) is 0 Å². The van der Waals surface area contributed by atoms with Crippen LogP contribution in [0.5, 0.6) is 0 Å². The second-order valence-corrected chi connectivity index (χ2v) is 7.01. The number of amides is 1. The van der Waals surface area contributed by atoms with Crippen LogP contribution in [-0.2, 0) is 17.8 Å². The smallest absolute Gasteiger partial charge is 0.222 e. The Morgan fingerprint density at radius 3 is 2.76 bits per heavy atom. The van der Waals surface area contributed by atoms with E-state index in [4.69, 9.17) is 0 Å². The van der Waals surface area contributed by atoms with E-state index in [1.54, 1.807) is 6.20 Å². The Bertz CT molecular complexity index is 659. The molecule has 0 bridgehead atoms. The molecule has 1 aliphatic rings. The SMILES string of the molecule is CN(C[C@H]1CCN(Cc2ccccc2)C1)C(=O)CCc1cccnc1. The lowest BCUT2D eigenvalue weighted by atomic mass is 10.1. The lowest BCUT2D eigenvalue weighted by molar-refractivity contribution is -0.130. The van der Waals surface area contributed by atoms with E-state index in [0.717, 1.165) is 38.2 Å². The van der Waals surface area contributed by atoms with Crippen LogP contribution in [0.4, 0.5) is 0 Å². The summed E-state index contributed by atoms with van der Waals surface area (Å²) in [6, 6.07) is 14.6. The fraction of sp³-hybridized carbons (Fsp3) is 0.429. The van der Waals surface area contributed by atoms with Crippen molar-refractivity contribution in [1.82, 2.24) is 14.8 Å². The van der Waals surface area contributed by atoms with E-state index in [1.165, 1.54) is 12.0 Å². The van der Waals surface area contributed by atoms with E-state index in [9.17, 15) is 4.79 Å². The Labute approximate surface area is 150 Å². The third-order valence-electron chi connectivity index (χ3n) is 4.93. The van der Waals surface area contributed by atoms with Crippen LogP contribution in [-0.4, -0.2) is 47.4 Å². The molecule has 2 aromatic rings. The van der Waals surface area contributed by atoms with Crippen LogP contribution >= 0.6 is 0 Å². The first-order valence-corrected chi connectivity index (χ1v) is 9.10. The molecule has 1 aromatic carbocycles. The van der Waals surface area contributed by atoms with Crippen molar-refractivity contribution in [2.24, 2.45) is 5.92 Å². The van der Waals surface area contributed by atoms with Crippen molar-refractivity contribution in [2.75, 3.05) is 26.7 Å². The van der Waals surface area contributed by atoms with Gasteiger partial charge >= 0.3 is 0 Å². The van der Waals surface area contributed by atoms with E-state index in [1.807, 2.05) is 30.3 Å². The molecule has 0 aliphatic carbocycles. The van der Waals surface area contributed by atoms with Gasteiger partial charge in [-0.3, -0.25) is 14.7 Å². The van der Waals surface area contributed by atoms with Crippen LogP contribution in [0.1, 0.15) is 24.0 Å². The predicted octanol–water partition coefficient (Wildman–Crippen LogP) is 2.99. The van der Waals surface area contributed by atoms with Gasteiger partial charge in [-0.15, -0.1) is 0 Å². The van der Waals surface area contributed by atoms with Gasteiger partial charge in [0, 0.05) is 45.5 Å². The number of pyridine rings is 1. The molecule has 1 fully saturated rings. The van der Waals surface area contributed by atoms with Crippen molar-refractivity contribution in [3.8, 4) is 0 Å². The first-order valence-electron chi connectivity index (χ1n) is 9.10. The van der Waals surface area contributed by atoms with Crippen molar-refractivity contribution < 1.29 is 4.79 Å². The largest absolute Gasteiger partial charge is 0.345 e. The van der Waals surface area contributed by atoms with Gasteiger partial charge < -0.3 is 4.90 Å². The fourth-order valence-corrected chi connectivity index (χ4v) is 3.52. The molecule has 4 nitrogen and oxygen atoms in total. The van der Waals surface area contributed by atoms with Crippen molar-refractivity contribution >= 4 is 5.91 Å². The van der Waals surface area contributed by atoms with Crippen molar-refractivity contribution in [2.45, 2.75) is 25.8 Å². The molecule has 0 unspecified atom stereocenters. The first kappa shape index (κ1) is 17.6. The minimum atomic E-state index is 0.227. The number of benzene rings is 1. The molecule has 0 spiro atoms. The third kappa shape index (κ3) is 5.40. The molecule has 1 atom stereocenters. The van der Waals surface area contributed by atoms with Crippen LogP contribution < -0.4 is 0 Å². The molecule has 132 valence electrons. The molecule has 1 aliphatic heterocycles. The van der Waals surface area contributed by atoms with Gasteiger partial charge in [0.25, 0.3) is 0 Å². The first-order chi connectivity index (χ1) is 12.2. The van der Waals surface area contributed by atoms with Gasteiger partial charge in [-0.1, -0.05) is 36.4 Å². The van der Waals surface area contributed by atoms with Crippen molar-refractivity contribution in [3.63, 3.8) is 0 Å². The molecule has 0 saturated carbocycles. The summed E-state index contributed by atoms with van der Waals surface area (Å²) < 4.78 is 0. The molecule has 4 heteroatoms. The molecule has 1 aromatic heterocycles. The number of rotatable bonds is 7. The van der Waals surface area contributed by atoms with E-state index >= 15 is 0 Å². The summed E-state index contributed by atoms with van der Waals surface area (Å²) in [6.45, 7) is 4.07. The van der Waals surface area contributed by atoms with Gasteiger partial charge in [-0.25, -0.2) is 0 Å². The average molecular weight is 337 g/mol. The Balaban J connectivity index is 1.40. The summed E-state index contributed by atoms with van der Waals surface area (Å²) in [6.07, 6.45) is 6.10. The van der Waals surface area contributed by atoms with Gasteiger partial charge in [0.15, 0.2) is 0 Å². The van der Waals surface area contributed by atoms with Crippen LogP contribution in [0.2, 0.25) is 0 Å². The number of hydrogen-bond acceptors (Lipinski definition) is 3. The summed E-state index contributed by atoms with van der Waals surface area (Å²) in [5.74, 6) is 0.807. The van der Waals surface area contributed by atoms with Gasteiger partial charge in [0.05, 0.1) is 0 Å². The van der Waals surface area contributed by atoms with E-state index < -0.39 is 0 Å². The zero-order valence-corrected chi connectivity index (χ0v) is 15.0. The highest BCUT2D eigenvalue weighted by molar-refractivity contribution is 5.76. The molecule has 1 amide bonds. The highest BCUT2D eigenvalue weighted by Crippen LogP contribution is 2.19. The zero-order valence-electron chi connectivity index (χ0n) is 15.0. The molecule has 25 heavy (non-hydrogen) atoms. The number of nitrogens with zero attached hydrogens (tertiary/aromatic N) is 3. The standard InChI is InChI=1S/C21H27N3O/c1-23(21(25)10-9-18-8-5-12-22-14-18)15-20-11-13-24(17-20)16-19-6-3-2-4-7-19/h2-8,12,14,20H,9-11,13,15-17H2,1H3/t20-/m1/s1. The molecule has 0 N–H and O–H groups in total. The second-order valence-electron chi connectivity index (χ2n) is 7.01. The second kappa shape index (κ2) is 8.77. The Kier molecular flexibility index (Phi) is 6.18. The van der Waals surface area contributed by atoms with E-state index in [-0.39, 0.29) is 5.91 Å². The van der Waals surface area contributed by atoms with E-state index in [0.29, 0.717) is 12.3 Å². The molecule has 3 rings (SSSR count). The highest BCUT2D eigenvalue weighted by atomic mass is 16.2. The quantitative estimate of drug-likeness (QED) is 0.779. The molecule has 2 heterocycles. The number of aryl methyl sites for hydroxylation is 1. The van der Waals surface area contributed by atoms with Gasteiger partial charge in [-0.05, 0) is 42.5 Å². The normalized spacial score (nSPS) is 17.6. The van der Waals surface area contributed by atoms with Crippen molar-refractivity contribution in [1.29, 1.82) is 0 Å². The molecular weight excluding hydrogens is 310 g/mol. The summed E-state index contributed by atoms with van der Waals surface area (Å²) in [7, 11) is 1.94. The predicted molar refractivity (Wildman–Crippen MR) is 100 cm³/mol. The fourth-order valence-electron chi connectivity index (χ4n) is 3.52. The Morgan fingerprint density at radius 2 is 2.00 bits per heavy atom. The lowest BCUT2D eigenvalue weighted by Gasteiger charge is -2.22. The Hall–Kier alpha value is -2.20. The molecule has 0 radical (unpaired) electrons. The summed E-state index contributed by atoms with van der Waals surface area (Å²) >= 11 is 0. The van der Waals surface area contributed by atoms with Crippen LogP contribution in [0, 0.1) is 5.92 Å². The summed E-state index contributed by atoms with van der Waals surface area (Å²) in [5, 5.41) is 0. The lowest BCUT2D eigenvalue weighted by Crippen LogP contribution is -2.33. The van der Waals surface area contributed by atoms with Gasteiger partial charge in [-0.2, -0.15) is 0 Å². The average Bonchev–Trinajstić information content (AvgIpc) is 3.08. The van der Waals surface area contributed by atoms with Gasteiger partial charge in [0.2, 0.25) is 5.91 Å². The maximum Gasteiger partial charge on any atom is 0.222 e. The van der Waals surface area contributed by atoms with Crippen molar-refractivity contribution in [3.05, 3.63) is 66.0 Å². The molecule has 1 saturated heterocycles. The van der Waals surface area contributed by atoms with Crippen LogP contribution in [0.15, 0.2) is 54.9 Å². The Morgan fingerprint density at radius 1 is 1.20 bits per heavy atom. The van der Waals surface area contributed by atoms with E-state index in [2.05, 4.69) is 40.2 Å². The maximum atomic E-state index is 12.4. The maximum absolute atomic E-state index is 12.4. The third-order valence-corrected chi connectivity index (χ3v) is 4.93. The van der Waals surface area contributed by atoms with Crippen LogP contribution in [0.3, 0.4) is 0 Å². The summed E-state index contributed by atoms with van der Waals surface area (Å²) in [5.41, 5.74) is 2.49. The number of carbonyl (C=O) groups is 1. The number of carbonyl (C=O) groups excluding carboxylic acids is 1. The molecular formula is C21H27N3O. The number of hydrogen-bond donors (Lipinski definition) is 0. The van der Waals surface area contributed by atoms with Gasteiger partial charge in [0.1, 0.15) is 0 Å². The highest BCUT2D eigenvalue weighted by Gasteiger charge is 2.24. The zero-order chi connectivity index (χ0) is 17.5. The minimum Gasteiger partial charge on any atom is -0.345 e. The monoisotopic (exact) mass is 337 g/mol. The topological polar surface area (TPSA) is 36.4 Å². The summed E-state index contributed by atoms with van der Waals surface area (Å²) in [4.78, 5) is 20.9. The minimum absolute atomic E-state index is 0.227. The number of likely N-dealkylation sites (tertiary alicyclic amines) is 1.